The van der Waals surface area contributed by atoms with Crippen molar-refractivity contribution in [1.29, 1.82) is 0 Å². The standard InChI is InChI=1S/C15H13Cl2F2N/c1-8-3-4-10(18)7-13(8)20-9(2)14-11(16)5-6-12(19)15(14)17/h3-7,9,20H,1-2H3. The highest BCUT2D eigenvalue weighted by Crippen LogP contribution is 2.34. The van der Waals surface area contributed by atoms with Gasteiger partial charge in [-0.3, -0.25) is 0 Å². The van der Waals surface area contributed by atoms with Crippen LogP contribution in [0.3, 0.4) is 0 Å². The van der Waals surface area contributed by atoms with Crippen LogP contribution in [0.2, 0.25) is 10.0 Å². The van der Waals surface area contributed by atoms with E-state index < -0.39 is 5.82 Å². The molecule has 2 aromatic rings. The molecule has 2 rings (SSSR count). The van der Waals surface area contributed by atoms with Crippen LogP contribution >= 0.6 is 23.2 Å². The van der Waals surface area contributed by atoms with Crippen LogP contribution in [0.1, 0.15) is 24.1 Å². The van der Waals surface area contributed by atoms with Gasteiger partial charge < -0.3 is 5.32 Å². The minimum atomic E-state index is -0.532. The Balaban J connectivity index is 2.35. The SMILES string of the molecule is Cc1ccc(F)cc1NC(C)c1c(Cl)ccc(F)c1Cl. The second-order valence-electron chi connectivity index (χ2n) is 4.58. The van der Waals surface area contributed by atoms with Crippen molar-refractivity contribution in [2.75, 3.05) is 5.32 Å². The minimum Gasteiger partial charge on any atom is -0.378 e. The summed E-state index contributed by atoms with van der Waals surface area (Å²) in [7, 11) is 0. The molecule has 2 aromatic carbocycles. The summed E-state index contributed by atoms with van der Waals surface area (Å²) >= 11 is 12.0. The summed E-state index contributed by atoms with van der Waals surface area (Å²) in [6.07, 6.45) is 0. The Morgan fingerprint density at radius 1 is 1.10 bits per heavy atom. The maximum Gasteiger partial charge on any atom is 0.142 e. The second kappa shape index (κ2) is 5.98. The molecule has 0 aromatic heterocycles. The van der Waals surface area contributed by atoms with Gasteiger partial charge in [0.2, 0.25) is 0 Å². The topological polar surface area (TPSA) is 12.0 Å². The number of benzene rings is 2. The van der Waals surface area contributed by atoms with Gasteiger partial charge in [0.15, 0.2) is 0 Å². The second-order valence-corrected chi connectivity index (χ2v) is 5.37. The Labute approximate surface area is 126 Å². The average Bonchev–Trinajstić information content (AvgIpc) is 2.39. The lowest BCUT2D eigenvalue weighted by atomic mass is 10.1. The van der Waals surface area contributed by atoms with Crippen LogP contribution in [-0.4, -0.2) is 0 Å². The van der Waals surface area contributed by atoms with Crippen molar-refractivity contribution in [3.8, 4) is 0 Å². The fourth-order valence-corrected chi connectivity index (χ4v) is 2.69. The van der Waals surface area contributed by atoms with E-state index in [0.29, 0.717) is 16.3 Å². The van der Waals surface area contributed by atoms with E-state index in [2.05, 4.69) is 5.32 Å². The van der Waals surface area contributed by atoms with Gasteiger partial charge >= 0.3 is 0 Å². The van der Waals surface area contributed by atoms with Crippen LogP contribution < -0.4 is 5.32 Å². The largest absolute Gasteiger partial charge is 0.378 e. The normalized spacial score (nSPS) is 12.3. The molecule has 1 atom stereocenters. The quantitative estimate of drug-likeness (QED) is 0.711. The molecule has 0 aliphatic rings. The summed E-state index contributed by atoms with van der Waals surface area (Å²) < 4.78 is 26.8. The van der Waals surface area contributed by atoms with Gasteiger partial charge in [-0.2, -0.15) is 0 Å². The van der Waals surface area contributed by atoms with Crippen molar-refractivity contribution < 1.29 is 8.78 Å². The summed E-state index contributed by atoms with van der Waals surface area (Å²) in [5.41, 5.74) is 1.95. The van der Waals surface area contributed by atoms with Crippen LogP contribution in [0.25, 0.3) is 0 Å². The zero-order valence-corrected chi connectivity index (χ0v) is 12.5. The molecule has 0 saturated heterocycles. The van der Waals surface area contributed by atoms with Crippen molar-refractivity contribution in [1.82, 2.24) is 0 Å². The average molecular weight is 316 g/mol. The zero-order valence-electron chi connectivity index (χ0n) is 11.0. The third-order valence-electron chi connectivity index (χ3n) is 3.08. The van der Waals surface area contributed by atoms with E-state index in [1.165, 1.54) is 24.3 Å². The molecule has 1 nitrogen and oxygen atoms in total. The smallest absolute Gasteiger partial charge is 0.142 e. The fourth-order valence-electron chi connectivity index (χ4n) is 1.99. The highest BCUT2D eigenvalue weighted by atomic mass is 35.5. The van der Waals surface area contributed by atoms with Gasteiger partial charge in [-0.15, -0.1) is 0 Å². The minimum absolute atomic E-state index is 0.0217. The summed E-state index contributed by atoms with van der Waals surface area (Å²) in [6, 6.07) is 6.74. The van der Waals surface area contributed by atoms with E-state index in [1.807, 2.05) is 6.92 Å². The molecule has 0 saturated carbocycles. The predicted molar refractivity (Wildman–Crippen MR) is 79.6 cm³/mol. The lowest BCUT2D eigenvalue weighted by Crippen LogP contribution is -2.10. The van der Waals surface area contributed by atoms with Crippen molar-refractivity contribution in [3.63, 3.8) is 0 Å². The molecule has 1 unspecified atom stereocenters. The predicted octanol–water partition coefficient (Wildman–Crippen LogP) is 5.75. The molecule has 0 bridgehead atoms. The van der Waals surface area contributed by atoms with Crippen molar-refractivity contribution >= 4 is 28.9 Å². The number of anilines is 1. The number of hydrogen-bond donors (Lipinski definition) is 1. The van der Waals surface area contributed by atoms with E-state index in [-0.39, 0.29) is 16.9 Å². The number of hydrogen-bond acceptors (Lipinski definition) is 1. The molecular weight excluding hydrogens is 303 g/mol. The Bertz CT molecular complexity index is 644. The molecule has 0 amide bonds. The van der Waals surface area contributed by atoms with E-state index in [1.54, 1.807) is 13.0 Å². The lowest BCUT2D eigenvalue weighted by Gasteiger charge is -2.20. The van der Waals surface area contributed by atoms with Crippen LogP contribution in [0.15, 0.2) is 30.3 Å². The van der Waals surface area contributed by atoms with Crippen molar-refractivity contribution in [2.24, 2.45) is 0 Å². The molecule has 0 aliphatic heterocycles. The Hall–Kier alpha value is -1.32. The number of aryl methyl sites for hydroxylation is 1. The maximum atomic E-state index is 13.5. The molecule has 0 aliphatic carbocycles. The molecule has 0 radical (unpaired) electrons. The first-order valence-corrected chi connectivity index (χ1v) is 6.82. The van der Waals surface area contributed by atoms with Crippen LogP contribution in [0, 0.1) is 18.6 Å². The van der Waals surface area contributed by atoms with Gasteiger partial charge in [-0.1, -0.05) is 29.3 Å². The van der Waals surface area contributed by atoms with Gasteiger partial charge in [0.25, 0.3) is 0 Å². The van der Waals surface area contributed by atoms with Crippen molar-refractivity contribution in [2.45, 2.75) is 19.9 Å². The zero-order chi connectivity index (χ0) is 14.9. The van der Waals surface area contributed by atoms with E-state index in [9.17, 15) is 8.78 Å². The number of rotatable bonds is 3. The Kier molecular flexibility index (Phi) is 4.51. The van der Waals surface area contributed by atoms with Crippen LogP contribution in [0.5, 0.6) is 0 Å². The van der Waals surface area contributed by atoms with Gasteiger partial charge in [0, 0.05) is 16.3 Å². The monoisotopic (exact) mass is 315 g/mol. The fraction of sp³-hybridized carbons (Fsp3) is 0.200. The van der Waals surface area contributed by atoms with Gasteiger partial charge in [0.05, 0.1) is 11.1 Å². The molecule has 20 heavy (non-hydrogen) atoms. The molecule has 0 heterocycles. The third-order valence-corrected chi connectivity index (χ3v) is 3.80. The van der Waals surface area contributed by atoms with E-state index in [0.717, 1.165) is 5.56 Å². The third kappa shape index (κ3) is 3.05. The Morgan fingerprint density at radius 2 is 1.80 bits per heavy atom. The first kappa shape index (κ1) is 15.1. The summed E-state index contributed by atoms with van der Waals surface area (Å²) in [4.78, 5) is 0. The maximum absolute atomic E-state index is 13.5. The highest BCUT2D eigenvalue weighted by Gasteiger charge is 2.17. The van der Waals surface area contributed by atoms with Gasteiger partial charge in [0.1, 0.15) is 11.6 Å². The first-order valence-electron chi connectivity index (χ1n) is 6.06. The molecule has 106 valence electrons. The van der Waals surface area contributed by atoms with Gasteiger partial charge in [-0.25, -0.2) is 8.78 Å². The summed E-state index contributed by atoms with van der Waals surface area (Å²) in [5.74, 6) is -0.877. The first-order chi connectivity index (χ1) is 9.40. The van der Waals surface area contributed by atoms with Crippen LogP contribution in [0.4, 0.5) is 14.5 Å². The van der Waals surface area contributed by atoms with E-state index in [4.69, 9.17) is 23.2 Å². The molecular formula is C15H13Cl2F2N. The molecule has 1 N–H and O–H groups in total. The number of halogens is 4. The highest BCUT2D eigenvalue weighted by molar-refractivity contribution is 6.36. The molecule has 5 heteroatoms. The summed E-state index contributed by atoms with van der Waals surface area (Å²) in [6.45, 7) is 3.64. The molecule has 0 fully saturated rings. The lowest BCUT2D eigenvalue weighted by molar-refractivity contribution is 0.623. The van der Waals surface area contributed by atoms with Gasteiger partial charge in [-0.05, 0) is 43.7 Å². The molecule has 0 spiro atoms. The summed E-state index contributed by atoms with van der Waals surface area (Å²) in [5, 5.41) is 3.45. The van der Waals surface area contributed by atoms with Crippen molar-refractivity contribution in [3.05, 3.63) is 63.1 Å². The number of nitrogens with one attached hydrogen (secondary N) is 1. The van der Waals surface area contributed by atoms with E-state index >= 15 is 0 Å². The Morgan fingerprint density at radius 3 is 2.50 bits per heavy atom. The van der Waals surface area contributed by atoms with Crippen LogP contribution in [-0.2, 0) is 0 Å².